The zero-order chi connectivity index (χ0) is 8.53. The minimum atomic E-state index is 0.943. The van der Waals surface area contributed by atoms with Gasteiger partial charge in [-0.2, -0.15) is 0 Å². The maximum Gasteiger partial charge on any atom is 0.00313 e. The first kappa shape index (κ1) is 11.5. The molecule has 0 N–H and O–H groups in total. The van der Waals surface area contributed by atoms with Crippen LogP contribution in [-0.2, 0) is 0 Å². The number of alkyl halides is 1. The number of halogens is 1. The summed E-state index contributed by atoms with van der Waals surface area (Å²) in [5.74, 6) is 0.943. The summed E-state index contributed by atoms with van der Waals surface area (Å²) >= 11 is 3.44. The molecule has 1 heteroatoms. The van der Waals surface area contributed by atoms with Gasteiger partial charge < -0.3 is 0 Å². The Bertz CT molecular complexity index is 71.3. The fourth-order valence-corrected chi connectivity index (χ4v) is 1.54. The molecule has 68 valence electrons. The Morgan fingerprint density at radius 2 is 1.73 bits per heavy atom. The van der Waals surface area contributed by atoms with Crippen molar-refractivity contribution in [2.45, 2.75) is 52.4 Å². The van der Waals surface area contributed by atoms with Crippen molar-refractivity contribution in [3.05, 3.63) is 0 Å². The number of hydrogen-bond acceptors (Lipinski definition) is 0. The second kappa shape index (κ2) is 8.58. The summed E-state index contributed by atoms with van der Waals surface area (Å²) in [5, 5.41) is 1.18. The molecule has 0 saturated carbocycles. The summed E-state index contributed by atoms with van der Waals surface area (Å²) in [7, 11) is 0. The van der Waals surface area contributed by atoms with E-state index in [9.17, 15) is 0 Å². The van der Waals surface area contributed by atoms with Crippen LogP contribution in [0.5, 0.6) is 0 Å². The SMILES string of the molecule is CC[C@@H](C)CCCCCCBr. The van der Waals surface area contributed by atoms with Crippen LogP contribution in [0.2, 0.25) is 0 Å². The van der Waals surface area contributed by atoms with Crippen molar-refractivity contribution in [1.29, 1.82) is 0 Å². The molecule has 11 heavy (non-hydrogen) atoms. The van der Waals surface area contributed by atoms with Crippen LogP contribution in [-0.4, -0.2) is 5.33 Å². The lowest BCUT2D eigenvalue weighted by atomic mass is 10.0. The van der Waals surface area contributed by atoms with Gasteiger partial charge in [-0.1, -0.05) is 61.9 Å². The average Bonchev–Trinajstić information content (AvgIpc) is 2.04. The zero-order valence-corrected chi connectivity index (χ0v) is 9.49. The quantitative estimate of drug-likeness (QED) is 0.442. The number of rotatable bonds is 7. The van der Waals surface area contributed by atoms with Crippen LogP contribution < -0.4 is 0 Å². The monoisotopic (exact) mass is 220 g/mol. The molecule has 0 fully saturated rings. The maximum absolute atomic E-state index is 3.44. The zero-order valence-electron chi connectivity index (χ0n) is 7.91. The molecule has 1 atom stereocenters. The smallest absolute Gasteiger partial charge is 0.00313 e. The van der Waals surface area contributed by atoms with Crippen molar-refractivity contribution < 1.29 is 0 Å². The molecular formula is C10H21Br. The van der Waals surface area contributed by atoms with Gasteiger partial charge in [0.2, 0.25) is 0 Å². The van der Waals surface area contributed by atoms with E-state index in [1.807, 2.05) is 0 Å². The first-order valence-corrected chi connectivity index (χ1v) is 5.99. The summed E-state index contributed by atoms with van der Waals surface area (Å²) < 4.78 is 0. The predicted octanol–water partition coefficient (Wildman–Crippen LogP) is 4.38. The van der Waals surface area contributed by atoms with Crippen molar-refractivity contribution in [1.82, 2.24) is 0 Å². The van der Waals surface area contributed by atoms with E-state index in [1.54, 1.807) is 0 Å². The van der Waals surface area contributed by atoms with Crippen LogP contribution in [0.1, 0.15) is 52.4 Å². The summed E-state index contributed by atoms with van der Waals surface area (Å²) in [6.45, 7) is 4.63. The summed E-state index contributed by atoms with van der Waals surface area (Å²) in [5.41, 5.74) is 0. The van der Waals surface area contributed by atoms with Gasteiger partial charge in [0.05, 0.1) is 0 Å². The molecule has 0 amide bonds. The van der Waals surface area contributed by atoms with Crippen molar-refractivity contribution >= 4 is 15.9 Å². The standard InChI is InChI=1S/C10H21Br/c1-3-10(2)8-6-4-5-7-9-11/h10H,3-9H2,1-2H3/t10-/m1/s1. The first-order chi connectivity index (χ1) is 5.31. The van der Waals surface area contributed by atoms with Crippen LogP contribution in [0.3, 0.4) is 0 Å². The number of unbranched alkanes of at least 4 members (excludes halogenated alkanes) is 3. The van der Waals surface area contributed by atoms with Gasteiger partial charge in [-0.25, -0.2) is 0 Å². The molecule has 0 aromatic carbocycles. The van der Waals surface area contributed by atoms with Crippen molar-refractivity contribution in [2.24, 2.45) is 5.92 Å². The molecule has 0 unspecified atom stereocenters. The van der Waals surface area contributed by atoms with Crippen LogP contribution in [0.25, 0.3) is 0 Å². The van der Waals surface area contributed by atoms with E-state index in [1.165, 1.54) is 43.9 Å². The molecule has 0 aliphatic heterocycles. The minimum absolute atomic E-state index is 0.943. The van der Waals surface area contributed by atoms with E-state index < -0.39 is 0 Å². The lowest BCUT2D eigenvalue weighted by Gasteiger charge is -2.06. The summed E-state index contributed by atoms with van der Waals surface area (Å²) in [6.07, 6.45) is 8.39. The molecule has 0 aromatic heterocycles. The molecule has 0 rings (SSSR count). The van der Waals surface area contributed by atoms with Crippen molar-refractivity contribution in [3.8, 4) is 0 Å². The average molecular weight is 221 g/mol. The second-order valence-corrected chi connectivity index (χ2v) is 4.20. The molecule has 0 aliphatic carbocycles. The third-order valence-corrected chi connectivity index (χ3v) is 2.84. The molecular weight excluding hydrogens is 200 g/mol. The number of hydrogen-bond donors (Lipinski definition) is 0. The Balaban J connectivity index is 2.89. The molecule has 0 saturated heterocycles. The molecule has 0 nitrogen and oxygen atoms in total. The van der Waals surface area contributed by atoms with Crippen LogP contribution >= 0.6 is 15.9 Å². The van der Waals surface area contributed by atoms with Gasteiger partial charge in [0, 0.05) is 5.33 Å². The predicted molar refractivity (Wildman–Crippen MR) is 56.3 cm³/mol. The van der Waals surface area contributed by atoms with Gasteiger partial charge in [-0.15, -0.1) is 0 Å². The Morgan fingerprint density at radius 3 is 2.27 bits per heavy atom. The Hall–Kier alpha value is 0.480. The Kier molecular flexibility index (Phi) is 8.95. The third-order valence-electron chi connectivity index (χ3n) is 2.28. The Labute approximate surface area is 79.9 Å². The van der Waals surface area contributed by atoms with E-state index >= 15 is 0 Å². The normalized spacial score (nSPS) is 13.4. The van der Waals surface area contributed by atoms with Gasteiger partial charge in [0.1, 0.15) is 0 Å². The van der Waals surface area contributed by atoms with E-state index in [2.05, 4.69) is 29.8 Å². The summed E-state index contributed by atoms with van der Waals surface area (Å²) in [4.78, 5) is 0. The van der Waals surface area contributed by atoms with Gasteiger partial charge in [-0.3, -0.25) is 0 Å². The molecule has 0 radical (unpaired) electrons. The highest BCUT2D eigenvalue weighted by Gasteiger charge is 1.97. The maximum atomic E-state index is 3.44. The van der Waals surface area contributed by atoms with E-state index in [0.717, 1.165) is 5.92 Å². The minimum Gasteiger partial charge on any atom is -0.0928 e. The van der Waals surface area contributed by atoms with Crippen LogP contribution in [0.15, 0.2) is 0 Å². The first-order valence-electron chi connectivity index (χ1n) is 4.87. The van der Waals surface area contributed by atoms with Gasteiger partial charge >= 0.3 is 0 Å². The molecule has 0 spiro atoms. The third kappa shape index (κ3) is 8.39. The molecule has 0 aliphatic rings. The highest BCUT2D eigenvalue weighted by Crippen LogP contribution is 2.13. The molecule has 0 heterocycles. The molecule has 0 bridgehead atoms. The summed E-state index contributed by atoms with van der Waals surface area (Å²) in [6, 6.07) is 0. The highest BCUT2D eigenvalue weighted by molar-refractivity contribution is 9.09. The Morgan fingerprint density at radius 1 is 1.09 bits per heavy atom. The van der Waals surface area contributed by atoms with Crippen LogP contribution in [0.4, 0.5) is 0 Å². The molecule has 0 aromatic rings. The largest absolute Gasteiger partial charge is 0.0928 e. The highest BCUT2D eigenvalue weighted by atomic mass is 79.9. The van der Waals surface area contributed by atoms with E-state index in [4.69, 9.17) is 0 Å². The lowest BCUT2D eigenvalue weighted by Crippen LogP contribution is -1.91. The topological polar surface area (TPSA) is 0 Å². The fourth-order valence-electron chi connectivity index (χ4n) is 1.14. The van der Waals surface area contributed by atoms with Gasteiger partial charge in [0.25, 0.3) is 0 Å². The lowest BCUT2D eigenvalue weighted by molar-refractivity contribution is 0.477. The van der Waals surface area contributed by atoms with E-state index in [-0.39, 0.29) is 0 Å². The van der Waals surface area contributed by atoms with Gasteiger partial charge in [0.15, 0.2) is 0 Å². The van der Waals surface area contributed by atoms with Crippen molar-refractivity contribution in [3.63, 3.8) is 0 Å². The van der Waals surface area contributed by atoms with Gasteiger partial charge in [-0.05, 0) is 12.3 Å². The van der Waals surface area contributed by atoms with Crippen molar-refractivity contribution in [2.75, 3.05) is 5.33 Å². The van der Waals surface area contributed by atoms with Crippen LogP contribution in [0, 0.1) is 5.92 Å². The fraction of sp³-hybridized carbons (Fsp3) is 1.00. The second-order valence-electron chi connectivity index (χ2n) is 3.41. The van der Waals surface area contributed by atoms with E-state index in [0.29, 0.717) is 0 Å².